The minimum Gasteiger partial charge on any atom is -0.494 e. The van der Waals surface area contributed by atoms with Crippen molar-refractivity contribution in [3.63, 3.8) is 0 Å². The lowest BCUT2D eigenvalue weighted by molar-refractivity contribution is 0.259. The number of hydrogen-bond acceptors (Lipinski definition) is 3. The van der Waals surface area contributed by atoms with Crippen LogP contribution < -0.4 is 4.74 Å². The van der Waals surface area contributed by atoms with E-state index in [9.17, 15) is 0 Å². The lowest BCUT2D eigenvalue weighted by atomic mass is 10.3. The van der Waals surface area contributed by atoms with E-state index >= 15 is 0 Å². The highest BCUT2D eigenvalue weighted by Gasteiger charge is 2.04. The van der Waals surface area contributed by atoms with Gasteiger partial charge in [-0.2, -0.15) is 0 Å². The average molecular weight is 275 g/mol. The normalized spacial score (nSPS) is 10.9. The zero-order chi connectivity index (χ0) is 13.5. The molecule has 0 amide bonds. The molecule has 0 N–H and O–H groups in total. The van der Waals surface area contributed by atoms with Crippen molar-refractivity contribution in [2.45, 2.75) is 19.9 Å². The molecule has 1 aromatic carbocycles. The monoisotopic (exact) mass is 275 g/mol. The Balaban J connectivity index is 1.64. The third-order valence-corrected chi connectivity index (χ3v) is 4.09. The molecule has 2 nitrogen and oxygen atoms in total. The summed E-state index contributed by atoms with van der Waals surface area (Å²) < 4.78 is 5.69. The number of benzene rings is 1. The maximum Gasteiger partial charge on any atom is 0.119 e. The first kappa shape index (κ1) is 14.1. The van der Waals surface area contributed by atoms with Gasteiger partial charge in [-0.15, -0.1) is 11.3 Å². The van der Waals surface area contributed by atoms with Crippen molar-refractivity contribution in [1.29, 1.82) is 0 Å². The number of hydrogen-bond donors (Lipinski definition) is 0. The van der Waals surface area contributed by atoms with Crippen molar-refractivity contribution >= 4 is 11.3 Å². The molecule has 0 saturated carbocycles. The van der Waals surface area contributed by atoms with Crippen LogP contribution in [0, 0.1) is 6.92 Å². The van der Waals surface area contributed by atoms with E-state index in [1.807, 2.05) is 41.7 Å². The predicted molar refractivity (Wildman–Crippen MR) is 81.9 cm³/mol. The Morgan fingerprint density at radius 2 is 1.95 bits per heavy atom. The van der Waals surface area contributed by atoms with Crippen molar-refractivity contribution in [3.8, 4) is 5.75 Å². The van der Waals surface area contributed by atoms with Crippen LogP contribution in [-0.4, -0.2) is 25.1 Å². The molecule has 0 spiro atoms. The number of aryl methyl sites for hydroxylation is 1. The van der Waals surface area contributed by atoms with Gasteiger partial charge in [0.25, 0.3) is 0 Å². The van der Waals surface area contributed by atoms with Gasteiger partial charge < -0.3 is 9.64 Å². The Labute approximate surface area is 119 Å². The molecular formula is C16H21NOS. The molecule has 0 radical (unpaired) electrons. The molecule has 0 fully saturated rings. The van der Waals surface area contributed by atoms with E-state index in [0.29, 0.717) is 0 Å². The van der Waals surface area contributed by atoms with Crippen LogP contribution >= 0.6 is 11.3 Å². The first-order valence-corrected chi connectivity index (χ1v) is 7.53. The molecule has 0 bridgehead atoms. The summed E-state index contributed by atoms with van der Waals surface area (Å²) in [5.74, 6) is 0.958. The van der Waals surface area contributed by atoms with Gasteiger partial charge in [-0.25, -0.2) is 0 Å². The van der Waals surface area contributed by atoms with Gasteiger partial charge in [0.2, 0.25) is 0 Å². The molecule has 0 saturated heterocycles. The second-order valence-electron chi connectivity index (χ2n) is 4.78. The minimum absolute atomic E-state index is 0.776. The fraction of sp³-hybridized carbons (Fsp3) is 0.375. The molecule has 0 aliphatic carbocycles. The van der Waals surface area contributed by atoms with Crippen LogP contribution in [-0.2, 0) is 6.54 Å². The maximum absolute atomic E-state index is 5.69. The predicted octanol–water partition coefficient (Wildman–Crippen LogP) is 3.96. The first-order chi connectivity index (χ1) is 9.25. The van der Waals surface area contributed by atoms with Crippen LogP contribution in [0.3, 0.4) is 0 Å². The van der Waals surface area contributed by atoms with Gasteiger partial charge >= 0.3 is 0 Å². The molecule has 3 heteroatoms. The molecule has 2 aromatic rings. The molecule has 0 aliphatic heterocycles. The second-order valence-corrected chi connectivity index (χ2v) is 5.78. The average Bonchev–Trinajstić information content (AvgIpc) is 2.82. The summed E-state index contributed by atoms with van der Waals surface area (Å²) in [4.78, 5) is 3.82. The molecule has 1 aromatic heterocycles. The van der Waals surface area contributed by atoms with E-state index in [1.165, 1.54) is 10.4 Å². The van der Waals surface area contributed by atoms with Gasteiger partial charge in [-0.1, -0.05) is 18.2 Å². The SMILES string of the molecule is Cc1ccsc1CN(C)CCCOc1ccccc1. The molecule has 2 rings (SSSR count). The quantitative estimate of drug-likeness (QED) is 0.709. The van der Waals surface area contributed by atoms with E-state index in [1.54, 1.807) is 0 Å². The third kappa shape index (κ3) is 4.69. The maximum atomic E-state index is 5.69. The standard InChI is InChI=1S/C16H21NOS/c1-14-9-12-19-16(14)13-17(2)10-6-11-18-15-7-4-3-5-8-15/h3-5,7-9,12H,6,10-11,13H2,1-2H3. The Bertz CT molecular complexity index is 481. The number of rotatable bonds is 7. The first-order valence-electron chi connectivity index (χ1n) is 6.65. The fourth-order valence-corrected chi connectivity index (χ4v) is 2.92. The largest absolute Gasteiger partial charge is 0.494 e. The van der Waals surface area contributed by atoms with Gasteiger partial charge in [-0.3, -0.25) is 0 Å². The number of nitrogens with zero attached hydrogens (tertiary/aromatic N) is 1. The smallest absolute Gasteiger partial charge is 0.119 e. The zero-order valence-electron chi connectivity index (χ0n) is 11.6. The Morgan fingerprint density at radius 1 is 1.16 bits per heavy atom. The van der Waals surface area contributed by atoms with Gasteiger partial charge in [0, 0.05) is 18.0 Å². The van der Waals surface area contributed by atoms with Crippen LogP contribution in [0.5, 0.6) is 5.75 Å². The summed E-state index contributed by atoms with van der Waals surface area (Å²) in [5, 5.41) is 2.16. The number of para-hydroxylation sites is 1. The lowest BCUT2D eigenvalue weighted by Gasteiger charge is -2.16. The summed E-state index contributed by atoms with van der Waals surface area (Å²) in [5.41, 5.74) is 1.40. The van der Waals surface area contributed by atoms with Gasteiger partial charge in [0.15, 0.2) is 0 Å². The molecular weight excluding hydrogens is 254 g/mol. The Hall–Kier alpha value is -1.32. The molecule has 0 unspecified atom stereocenters. The van der Waals surface area contributed by atoms with E-state index in [-0.39, 0.29) is 0 Å². The van der Waals surface area contributed by atoms with Crippen LogP contribution in [0.4, 0.5) is 0 Å². The van der Waals surface area contributed by atoms with Crippen LogP contribution in [0.2, 0.25) is 0 Å². The summed E-state index contributed by atoms with van der Waals surface area (Å²) in [7, 11) is 2.17. The van der Waals surface area contributed by atoms with E-state index in [0.717, 1.165) is 31.9 Å². The Kier molecular flexibility index (Phi) is 5.43. The molecule has 0 aliphatic rings. The van der Waals surface area contributed by atoms with E-state index in [4.69, 9.17) is 4.74 Å². The molecule has 19 heavy (non-hydrogen) atoms. The highest BCUT2D eigenvalue weighted by molar-refractivity contribution is 7.10. The molecule has 0 atom stereocenters. The fourth-order valence-electron chi connectivity index (χ4n) is 1.93. The number of thiophene rings is 1. The van der Waals surface area contributed by atoms with Crippen molar-refractivity contribution in [1.82, 2.24) is 4.90 Å². The summed E-state index contributed by atoms with van der Waals surface area (Å²) in [6.45, 7) is 5.05. The van der Waals surface area contributed by atoms with E-state index < -0.39 is 0 Å². The third-order valence-electron chi connectivity index (χ3n) is 3.08. The van der Waals surface area contributed by atoms with Crippen molar-refractivity contribution in [2.75, 3.05) is 20.2 Å². The van der Waals surface area contributed by atoms with Crippen LogP contribution in [0.25, 0.3) is 0 Å². The molecule has 1 heterocycles. The molecule has 102 valence electrons. The zero-order valence-corrected chi connectivity index (χ0v) is 12.5. The van der Waals surface area contributed by atoms with Crippen molar-refractivity contribution < 1.29 is 4.74 Å². The summed E-state index contributed by atoms with van der Waals surface area (Å²) in [6.07, 6.45) is 1.05. The second kappa shape index (κ2) is 7.31. The van der Waals surface area contributed by atoms with Crippen molar-refractivity contribution in [3.05, 3.63) is 52.2 Å². The lowest BCUT2D eigenvalue weighted by Crippen LogP contribution is -2.20. The van der Waals surface area contributed by atoms with Gasteiger partial charge in [0.05, 0.1) is 6.61 Å². The summed E-state index contributed by atoms with van der Waals surface area (Å²) >= 11 is 1.84. The van der Waals surface area contributed by atoms with Crippen molar-refractivity contribution in [2.24, 2.45) is 0 Å². The Morgan fingerprint density at radius 3 is 2.63 bits per heavy atom. The highest BCUT2D eigenvalue weighted by atomic mass is 32.1. The summed E-state index contributed by atoms with van der Waals surface area (Å²) in [6, 6.07) is 12.2. The minimum atomic E-state index is 0.776. The topological polar surface area (TPSA) is 12.5 Å². The van der Waals surface area contributed by atoms with Gasteiger partial charge in [0.1, 0.15) is 5.75 Å². The highest BCUT2D eigenvalue weighted by Crippen LogP contribution is 2.17. The van der Waals surface area contributed by atoms with Gasteiger partial charge in [-0.05, 0) is 49.5 Å². The van der Waals surface area contributed by atoms with Crippen LogP contribution in [0.1, 0.15) is 16.9 Å². The van der Waals surface area contributed by atoms with Crippen LogP contribution in [0.15, 0.2) is 41.8 Å². The number of ether oxygens (including phenoxy) is 1. The van der Waals surface area contributed by atoms with E-state index in [2.05, 4.69) is 30.3 Å².